The number of carbonyl (C=O) groups is 1. The topological polar surface area (TPSA) is 47.6 Å². The van der Waals surface area contributed by atoms with Gasteiger partial charge in [-0.05, 0) is 23.4 Å². The molecule has 4 nitrogen and oxygen atoms in total. The molecule has 0 unspecified atom stereocenters. The second-order valence-corrected chi connectivity index (χ2v) is 6.78. The van der Waals surface area contributed by atoms with Gasteiger partial charge in [0.25, 0.3) is 0 Å². The summed E-state index contributed by atoms with van der Waals surface area (Å²) in [5, 5.41) is 5.26. The largest absolute Gasteiger partial charge is 0.493 e. The lowest BCUT2D eigenvalue weighted by molar-refractivity contribution is -0.116. The molecule has 0 saturated carbocycles. The first-order valence-electron chi connectivity index (χ1n) is 9.34. The van der Waals surface area contributed by atoms with Crippen LogP contribution in [0, 0.1) is 0 Å². The highest BCUT2D eigenvalue weighted by Gasteiger charge is 2.30. The maximum Gasteiger partial charge on any atom is 0.225 e. The molecule has 0 bridgehead atoms. The molecule has 0 aromatic heterocycles. The van der Waals surface area contributed by atoms with E-state index in [1.807, 2.05) is 30.3 Å². The molecule has 1 atom stereocenters. The number of rotatable bonds is 5. The Bertz CT molecular complexity index is 996. The predicted octanol–water partition coefficient (Wildman–Crippen LogP) is 5.11. The van der Waals surface area contributed by atoms with E-state index in [4.69, 9.17) is 9.47 Å². The van der Waals surface area contributed by atoms with E-state index in [0.717, 1.165) is 39.8 Å². The Morgan fingerprint density at radius 1 is 1.04 bits per heavy atom. The molecule has 1 heterocycles. The van der Waals surface area contributed by atoms with Gasteiger partial charge in [-0.25, -0.2) is 0 Å². The third kappa shape index (κ3) is 3.12. The van der Waals surface area contributed by atoms with Gasteiger partial charge in [0.1, 0.15) is 0 Å². The number of carbonyl (C=O) groups excluding carboxylic acids is 1. The second-order valence-electron chi connectivity index (χ2n) is 6.78. The van der Waals surface area contributed by atoms with Gasteiger partial charge < -0.3 is 14.8 Å². The van der Waals surface area contributed by atoms with E-state index in [-0.39, 0.29) is 11.8 Å². The fourth-order valence-corrected chi connectivity index (χ4v) is 3.81. The Morgan fingerprint density at radius 2 is 1.89 bits per heavy atom. The van der Waals surface area contributed by atoms with E-state index in [0.29, 0.717) is 18.8 Å². The maximum absolute atomic E-state index is 12.5. The molecule has 138 valence electrons. The van der Waals surface area contributed by atoms with Gasteiger partial charge in [-0.1, -0.05) is 55.5 Å². The van der Waals surface area contributed by atoms with Crippen LogP contribution in [0.1, 0.15) is 36.8 Å². The molecule has 0 saturated heterocycles. The number of ether oxygens (including phenoxy) is 2. The molecular weight excluding hydrogens is 338 g/mol. The molecule has 1 amide bonds. The molecule has 0 spiro atoms. The zero-order valence-electron chi connectivity index (χ0n) is 15.6. The number of anilines is 1. The van der Waals surface area contributed by atoms with Gasteiger partial charge in [0, 0.05) is 23.3 Å². The average molecular weight is 361 g/mol. The minimum atomic E-state index is -0.0692. The van der Waals surface area contributed by atoms with Crippen LogP contribution in [0.25, 0.3) is 10.8 Å². The molecule has 0 aliphatic carbocycles. The monoisotopic (exact) mass is 361 g/mol. The van der Waals surface area contributed by atoms with Crippen LogP contribution in [0.2, 0.25) is 0 Å². The first kappa shape index (κ1) is 17.4. The fourth-order valence-electron chi connectivity index (χ4n) is 3.81. The van der Waals surface area contributed by atoms with Crippen molar-refractivity contribution in [2.45, 2.75) is 25.7 Å². The highest BCUT2D eigenvalue weighted by molar-refractivity contribution is 6.06. The number of benzene rings is 3. The van der Waals surface area contributed by atoms with Gasteiger partial charge >= 0.3 is 0 Å². The zero-order valence-corrected chi connectivity index (χ0v) is 15.6. The van der Waals surface area contributed by atoms with Crippen LogP contribution in [-0.4, -0.2) is 19.6 Å². The van der Waals surface area contributed by atoms with Crippen molar-refractivity contribution in [1.29, 1.82) is 0 Å². The first-order chi connectivity index (χ1) is 13.2. The summed E-state index contributed by atoms with van der Waals surface area (Å²) in [6.07, 6.45) is 1.30. The highest BCUT2D eigenvalue weighted by Crippen LogP contribution is 2.45. The van der Waals surface area contributed by atoms with E-state index in [1.165, 1.54) is 0 Å². The Balaban J connectivity index is 1.89. The van der Waals surface area contributed by atoms with Gasteiger partial charge in [-0.2, -0.15) is 0 Å². The minimum absolute atomic E-state index is 0.0214. The number of para-hydroxylation sites is 1. The maximum atomic E-state index is 12.5. The van der Waals surface area contributed by atoms with Crippen LogP contribution in [-0.2, 0) is 4.79 Å². The third-order valence-corrected chi connectivity index (χ3v) is 5.05. The molecule has 3 aromatic carbocycles. The number of methoxy groups -OCH3 is 1. The Kier molecular flexibility index (Phi) is 4.71. The van der Waals surface area contributed by atoms with Crippen molar-refractivity contribution in [3.05, 3.63) is 65.7 Å². The van der Waals surface area contributed by atoms with Crippen LogP contribution in [0.3, 0.4) is 0 Å². The quantitative estimate of drug-likeness (QED) is 0.687. The minimum Gasteiger partial charge on any atom is -0.493 e. The van der Waals surface area contributed by atoms with Crippen LogP contribution >= 0.6 is 0 Å². The number of amides is 1. The number of nitrogens with one attached hydrogen (secondary N) is 1. The van der Waals surface area contributed by atoms with Crippen molar-refractivity contribution in [1.82, 2.24) is 0 Å². The Morgan fingerprint density at radius 3 is 2.70 bits per heavy atom. The van der Waals surface area contributed by atoms with Gasteiger partial charge in [-0.15, -0.1) is 0 Å². The summed E-state index contributed by atoms with van der Waals surface area (Å²) in [7, 11) is 1.65. The van der Waals surface area contributed by atoms with E-state index >= 15 is 0 Å². The van der Waals surface area contributed by atoms with Crippen LogP contribution in [0.4, 0.5) is 5.69 Å². The molecule has 1 aliphatic heterocycles. The molecule has 1 aliphatic rings. The van der Waals surface area contributed by atoms with E-state index in [2.05, 4.69) is 36.5 Å². The summed E-state index contributed by atoms with van der Waals surface area (Å²) in [5.41, 5.74) is 3.01. The Labute approximate surface area is 159 Å². The smallest absolute Gasteiger partial charge is 0.225 e. The molecule has 3 aromatic rings. The molecule has 4 heteroatoms. The summed E-state index contributed by atoms with van der Waals surface area (Å²) in [4.78, 5) is 12.5. The van der Waals surface area contributed by atoms with Crippen molar-refractivity contribution < 1.29 is 14.3 Å². The average Bonchev–Trinajstić information content (AvgIpc) is 2.71. The van der Waals surface area contributed by atoms with E-state index in [9.17, 15) is 4.79 Å². The number of hydrogen-bond acceptors (Lipinski definition) is 3. The zero-order chi connectivity index (χ0) is 18.8. The van der Waals surface area contributed by atoms with E-state index in [1.54, 1.807) is 7.11 Å². The second kappa shape index (κ2) is 7.31. The summed E-state index contributed by atoms with van der Waals surface area (Å²) >= 11 is 0. The first-order valence-corrected chi connectivity index (χ1v) is 9.34. The number of hydrogen-bond donors (Lipinski definition) is 1. The molecule has 4 rings (SSSR count). The summed E-state index contributed by atoms with van der Waals surface area (Å²) < 4.78 is 11.6. The van der Waals surface area contributed by atoms with Gasteiger partial charge in [0.05, 0.1) is 19.4 Å². The van der Waals surface area contributed by atoms with Crippen molar-refractivity contribution in [3.63, 3.8) is 0 Å². The van der Waals surface area contributed by atoms with Gasteiger partial charge in [0.2, 0.25) is 5.91 Å². The predicted molar refractivity (Wildman–Crippen MR) is 108 cm³/mol. The fraction of sp³-hybridized carbons (Fsp3) is 0.261. The van der Waals surface area contributed by atoms with Crippen molar-refractivity contribution in [2.24, 2.45) is 0 Å². The molecule has 0 fully saturated rings. The molecular formula is C23H23NO3. The molecule has 1 N–H and O–H groups in total. The lowest BCUT2D eigenvalue weighted by atomic mass is 9.82. The summed E-state index contributed by atoms with van der Waals surface area (Å²) in [6.45, 7) is 2.68. The lowest BCUT2D eigenvalue weighted by Crippen LogP contribution is -2.24. The third-order valence-electron chi connectivity index (χ3n) is 5.05. The van der Waals surface area contributed by atoms with Crippen LogP contribution in [0.15, 0.2) is 54.6 Å². The van der Waals surface area contributed by atoms with Gasteiger partial charge in [0.15, 0.2) is 11.5 Å². The normalized spacial score (nSPS) is 15.9. The Hall–Kier alpha value is -3.01. The summed E-state index contributed by atoms with van der Waals surface area (Å²) in [6, 6.07) is 18.3. The van der Waals surface area contributed by atoms with Crippen molar-refractivity contribution in [3.8, 4) is 11.5 Å². The SMILES string of the molecule is CCCOc1c(OC)cccc1[C@H]1CC(=O)Nc2c1ccc1ccccc21. The lowest BCUT2D eigenvalue weighted by Gasteiger charge is -2.29. The van der Waals surface area contributed by atoms with E-state index < -0.39 is 0 Å². The van der Waals surface area contributed by atoms with Crippen LogP contribution < -0.4 is 14.8 Å². The number of fused-ring (bicyclic) bond motifs is 3. The van der Waals surface area contributed by atoms with Crippen LogP contribution in [0.5, 0.6) is 11.5 Å². The summed E-state index contributed by atoms with van der Waals surface area (Å²) in [5.74, 6) is 1.39. The van der Waals surface area contributed by atoms with Crippen molar-refractivity contribution >= 4 is 22.4 Å². The highest BCUT2D eigenvalue weighted by atomic mass is 16.5. The van der Waals surface area contributed by atoms with Crippen molar-refractivity contribution in [2.75, 3.05) is 19.0 Å². The van der Waals surface area contributed by atoms with Gasteiger partial charge in [-0.3, -0.25) is 4.79 Å². The standard InChI is InChI=1S/C23H23NO3/c1-3-13-27-23-18(9-6-10-20(23)26-2)19-14-21(25)24-22-16-8-5-4-7-15(16)11-12-17(19)22/h4-12,19H,3,13-14H2,1-2H3,(H,24,25)/t19-/m0/s1. The molecule has 0 radical (unpaired) electrons. The molecule has 27 heavy (non-hydrogen) atoms.